The molecular weight excluding hydrogens is 650 g/mol. The smallest absolute Gasteiger partial charge is 0.138 e. The van der Waals surface area contributed by atoms with Crippen molar-refractivity contribution in [1.29, 1.82) is 0 Å². The highest BCUT2D eigenvalue weighted by molar-refractivity contribution is 6.32. The Hall–Kier alpha value is -1.72. The van der Waals surface area contributed by atoms with E-state index in [1.54, 1.807) is 33.5 Å². The maximum Gasteiger partial charge on any atom is 0.138 e. The van der Waals surface area contributed by atoms with Crippen LogP contribution in [0.1, 0.15) is 75.3 Å². The molecule has 0 saturated heterocycles. The summed E-state index contributed by atoms with van der Waals surface area (Å²) < 4.78 is 17.0. The average Bonchev–Trinajstić information content (AvgIpc) is 2.97. The summed E-state index contributed by atoms with van der Waals surface area (Å²) in [5.41, 5.74) is 4.86. The molecule has 8 fully saturated rings. The summed E-state index contributed by atoms with van der Waals surface area (Å²) in [5.74, 6) is 6.47. The first-order valence-electron chi connectivity index (χ1n) is 16.3. The molecule has 8 saturated carbocycles. The lowest BCUT2D eigenvalue weighted by Gasteiger charge is -2.55. The number of phenols is 1. The zero-order valence-electron chi connectivity index (χ0n) is 26.2. The fourth-order valence-electron chi connectivity index (χ4n) is 10.4. The number of hydrogen-bond acceptors (Lipinski definition) is 4. The minimum atomic E-state index is 0.0149. The van der Waals surface area contributed by atoms with E-state index in [1.807, 2.05) is 24.3 Å². The van der Waals surface area contributed by atoms with E-state index in [9.17, 15) is 5.11 Å². The molecule has 8 aliphatic rings. The summed E-state index contributed by atoms with van der Waals surface area (Å²) in [6.07, 6.45) is 11.7. The summed E-state index contributed by atoms with van der Waals surface area (Å²) in [7, 11) is 5.13. The van der Waals surface area contributed by atoms with Crippen LogP contribution in [-0.2, 0) is 9.47 Å². The van der Waals surface area contributed by atoms with Gasteiger partial charge in [-0.25, -0.2) is 0 Å². The van der Waals surface area contributed by atoms with Gasteiger partial charge in [-0.05, 0) is 147 Å². The lowest BCUT2D eigenvalue weighted by Crippen LogP contribution is -2.48. The van der Waals surface area contributed by atoms with E-state index < -0.39 is 0 Å². The van der Waals surface area contributed by atoms with E-state index in [0.717, 1.165) is 60.2 Å². The molecule has 0 aromatic heterocycles. The number of rotatable bonds is 5. The monoisotopic (exact) mass is 690 g/mol. The van der Waals surface area contributed by atoms with E-state index in [2.05, 4.69) is 0 Å². The van der Waals surface area contributed by atoms with Crippen molar-refractivity contribution in [2.45, 2.75) is 74.0 Å². The molecule has 1 N–H and O–H groups in total. The van der Waals surface area contributed by atoms with Crippen LogP contribution in [0.5, 0.6) is 11.5 Å². The molecule has 242 valence electrons. The number of alkyl halides is 2. The number of aromatic hydroxyl groups is 1. The van der Waals surface area contributed by atoms with Crippen molar-refractivity contribution in [2.24, 2.45) is 35.5 Å². The molecule has 10 rings (SSSR count). The Bertz CT molecular complexity index is 1510. The third-order valence-corrected chi connectivity index (χ3v) is 13.1. The van der Waals surface area contributed by atoms with Crippen LogP contribution in [0, 0.1) is 35.5 Å². The highest BCUT2D eigenvalue weighted by Crippen LogP contribution is 2.63. The van der Waals surface area contributed by atoms with E-state index >= 15 is 0 Å². The second-order valence-corrected chi connectivity index (χ2v) is 16.9. The van der Waals surface area contributed by atoms with Crippen LogP contribution in [0.4, 0.5) is 0 Å². The van der Waals surface area contributed by atoms with Gasteiger partial charge in [0.1, 0.15) is 23.0 Å². The molecule has 8 aliphatic carbocycles. The molecule has 8 bridgehead atoms. The van der Waals surface area contributed by atoms with Crippen molar-refractivity contribution in [2.75, 3.05) is 21.3 Å². The van der Waals surface area contributed by atoms with Gasteiger partial charge in [-0.15, -0.1) is 23.2 Å². The number of benzene rings is 2. The Morgan fingerprint density at radius 2 is 1.07 bits per heavy atom. The Morgan fingerprint density at radius 1 is 0.644 bits per heavy atom. The predicted octanol–water partition coefficient (Wildman–Crippen LogP) is 10.7. The number of methoxy groups -OCH3 is 3. The number of halogens is 4. The predicted molar refractivity (Wildman–Crippen MR) is 183 cm³/mol. The molecule has 0 heterocycles. The first kappa shape index (κ1) is 31.9. The fraction of sp³-hybridized carbons (Fsp3) is 0.568. The van der Waals surface area contributed by atoms with Crippen molar-refractivity contribution in [3.63, 3.8) is 0 Å². The minimum Gasteiger partial charge on any atom is -0.506 e. The van der Waals surface area contributed by atoms with Crippen LogP contribution in [0.2, 0.25) is 10.0 Å². The molecule has 0 spiro atoms. The summed E-state index contributed by atoms with van der Waals surface area (Å²) >= 11 is 25.8. The van der Waals surface area contributed by atoms with Gasteiger partial charge in [0.2, 0.25) is 0 Å². The van der Waals surface area contributed by atoms with Gasteiger partial charge >= 0.3 is 0 Å². The third kappa shape index (κ3) is 5.85. The van der Waals surface area contributed by atoms with Crippen molar-refractivity contribution in [3.05, 3.63) is 68.7 Å². The molecule has 8 heteroatoms. The molecule has 4 nitrogen and oxygen atoms in total. The molecule has 2 aromatic rings. The van der Waals surface area contributed by atoms with Gasteiger partial charge in [0.05, 0.1) is 31.4 Å². The van der Waals surface area contributed by atoms with Crippen LogP contribution in [0.25, 0.3) is 11.5 Å². The molecule has 2 aromatic carbocycles. The van der Waals surface area contributed by atoms with E-state index in [4.69, 9.17) is 60.6 Å². The number of hydrogen-bond donors (Lipinski definition) is 1. The second kappa shape index (κ2) is 12.1. The molecule has 45 heavy (non-hydrogen) atoms. The first-order valence-corrected chi connectivity index (χ1v) is 17.8. The lowest BCUT2D eigenvalue weighted by molar-refractivity contribution is 0.0842. The van der Waals surface area contributed by atoms with Crippen LogP contribution in [-0.4, -0.2) is 36.2 Å². The number of phenolic OH excluding ortho intramolecular Hbond substituents is 1. The Labute approximate surface area is 287 Å². The molecule has 4 atom stereocenters. The van der Waals surface area contributed by atoms with Gasteiger partial charge in [0.25, 0.3) is 0 Å². The molecule has 4 unspecified atom stereocenters. The maximum atomic E-state index is 9.90. The quantitative estimate of drug-likeness (QED) is 0.250. The summed E-state index contributed by atoms with van der Waals surface area (Å²) in [6, 6.07) is 11.2. The van der Waals surface area contributed by atoms with Crippen LogP contribution >= 0.6 is 46.4 Å². The number of ether oxygens (including phenoxy) is 3. The highest BCUT2D eigenvalue weighted by atomic mass is 35.5. The Balaban J connectivity index is 0.000000145. The Morgan fingerprint density at radius 3 is 1.44 bits per heavy atom. The van der Waals surface area contributed by atoms with Gasteiger partial charge in [0.15, 0.2) is 0 Å². The summed E-state index contributed by atoms with van der Waals surface area (Å²) in [5, 5.41) is 10.9. The van der Waals surface area contributed by atoms with Gasteiger partial charge in [-0.2, -0.15) is 0 Å². The Kier molecular flexibility index (Phi) is 8.54. The topological polar surface area (TPSA) is 47.9 Å². The zero-order chi connectivity index (χ0) is 31.7. The SMILES string of the molecule is COC(=C1C2CC3CC1CC(Cl)(C3)C2)c1ccc(Cl)c(O)c1.COC(=C1C2CC3CC1CC(Cl)(C3)C2)c1ccc(Cl)c(OC)c1. The average molecular weight is 693 g/mol. The van der Waals surface area contributed by atoms with E-state index in [-0.39, 0.29) is 15.5 Å². The van der Waals surface area contributed by atoms with Crippen molar-refractivity contribution < 1.29 is 19.3 Å². The first-order chi connectivity index (χ1) is 21.5. The third-order valence-electron chi connectivity index (χ3n) is 11.5. The highest BCUT2D eigenvalue weighted by Gasteiger charge is 2.54. The molecule has 0 aliphatic heterocycles. The van der Waals surface area contributed by atoms with Gasteiger partial charge in [0, 0.05) is 20.9 Å². The molecular formula is C37H42Cl4O4. The largest absolute Gasteiger partial charge is 0.506 e. The molecule has 0 radical (unpaired) electrons. The van der Waals surface area contributed by atoms with Crippen LogP contribution in [0.3, 0.4) is 0 Å². The molecule has 0 amide bonds. The van der Waals surface area contributed by atoms with Crippen molar-refractivity contribution >= 4 is 57.9 Å². The maximum absolute atomic E-state index is 9.90. The van der Waals surface area contributed by atoms with Crippen LogP contribution < -0.4 is 4.74 Å². The van der Waals surface area contributed by atoms with Gasteiger partial charge in [-0.1, -0.05) is 23.2 Å². The van der Waals surface area contributed by atoms with Crippen molar-refractivity contribution in [1.82, 2.24) is 0 Å². The van der Waals surface area contributed by atoms with E-state index in [0.29, 0.717) is 39.5 Å². The van der Waals surface area contributed by atoms with Gasteiger partial charge in [-0.3, -0.25) is 0 Å². The van der Waals surface area contributed by atoms with Crippen molar-refractivity contribution in [3.8, 4) is 11.5 Å². The van der Waals surface area contributed by atoms with Crippen LogP contribution in [0.15, 0.2) is 47.5 Å². The minimum absolute atomic E-state index is 0.0149. The number of allylic oxidation sites excluding steroid dienone is 2. The fourth-order valence-corrected chi connectivity index (χ4v) is 11.9. The van der Waals surface area contributed by atoms with E-state index in [1.165, 1.54) is 49.7 Å². The summed E-state index contributed by atoms with van der Waals surface area (Å²) in [4.78, 5) is 0.0531. The normalized spacial score (nSPS) is 35.2. The van der Waals surface area contributed by atoms with Gasteiger partial charge < -0.3 is 19.3 Å². The summed E-state index contributed by atoms with van der Waals surface area (Å²) in [6.45, 7) is 0. The zero-order valence-corrected chi connectivity index (χ0v) is 29.2. The lowest BCUT2D eigenvalue weighted by atomic mass is 9.53. The second-order valence-electron chi connectivity index (χ2n) is 14.5. The standard InChI is InChI=1S/C19H22Cl2O2.C18H20Cl2O2/c1-22-16-7-12(3-4-15(16)20)18(23-2)17-13-5-11-6-14(17)10-19(21,8-11)9-13;1-22-17(11-2-3-14(19)15(21)6-11)16-12-4-10-5-13(16)9-18(20,7-10)8-12/h3-4,7,11,13-14H,5-6,8-10H2,1-2H3;2-3,6,10,12-13,21H,4-5,7-9H2,1H3.